The lowest BCUT2D eigenvalue weighted by Gasteiger charge is -2.23. The molecule has 3 heteroatoms. The molecule has 0 bridgehead atoms. The third kappa shape index (κ3) is 1.43. The second-order valence-electron chi connectivity index (χ2n) is 1.89. The van der Waals surface area contributed by atoms with E-state index in [1.54, 1.807) is 0 Å². The van der Waals surface area contributed by atoms with Crippen molar-refractivity contribution >= 4 is 0 Å². The van der Waals surface area contributed by atoms with Gasteiger partial charge in [-0.05, 0) is 6.92 Å². The molecule has 0 unspecified atom stereocenters. The van der Waals surface area contributed by atoms with Gasteiger partial charge in [0.25, 0.3) is 0 Å². The fourth-order valence-corrected chi connectivity index (χ4v) is 0.589. The zero-order valence-corrected chi connectivity index (χ0v) is 4.83. The predicted molar refractivity (Wildman–Crippen MR) is 27.4 cm³/mol. The second-order valence-corrected chi connectivity index (χ2v) is 1.89. The van der Waals surface area contributed by atoms with E-state index in [2.05, 4.69) is 0 Å². The molecule has 0 aromatic carbocycles. The highest BCUT2D eigenvalue weighted by atomic mass is 16.7. The quantitative estimate of drug-likeness (QED) is 0.476. The molecule has 1 aliphatic heterocycles. The van der Waals surface area contributed by atoms with Crippen LogP contribution in [0.15, 0.2) is 0 Å². The Morgan fingerprint density at radius 3 is 2.25 bits per heavy atom. The van der Waals surface area contributed by atoms with Crippen LogP contribution in [-0.4, -0.2) is 30.7 Å². The molecule has 1 heterocycles. The third-order valence-electron chi connectivity index (χ3n) is 1.05. The van der Waals surface area contributed by atoms with E-state index in [0.29, 0.717) is 13.2 Å². The molecule has 0 radical (unpaired) electrons. The van der Waals surface area contributed by atoms with Crippen LogP contribution < -0.4 is 0 Å². The zero-order valence-electron chi connectivity index (χ0n) is 4.83. The Bertz CT molecular complexity index is 56.1. The van der Waals surface area contributed by atoms with E-state index in [0.717, 1.165) is 0 Å². The summed E-state index contributed by atoms with van der Waals surface area (Å²) in [4.78, 5) is 0. The average Bonchev–Trinajstić information content (AvgIpc) is 1.77. The van der Waals surface area contributed by atoms with Crippen LogP contribution >= 0.6 is 0 Å². The van der Waals surface area contributed by atoms with E-state index in [-0.39, 0.29) is 6.29 Å². The number of hydrogen-bond acceptors (Lipinski definition) is 3. The molecule has 0 saturated carbocycles. The number of hydrogen-bond donors (Lipinski definition) is 1. The van der Waals surface area contributed by atoms with Gasteiger partial charge in [0, 0.05) is 0 Å². The van der Waals surface area contributed by atoms with Gasteiger partial charge in [-0.2, -0.15) is 0 Å². The van der Waals surface area contributed by atoms with Crippen LogP contribution in [0.2, 0.25) is 0 Å². The van der Waals surface area contributed by atoms with E-state index in [1.165, 1.54) is 0 Å². The van der Waals surface area contributed by atoms with E-state index < -0.39 is 6.10 Å². The maximum Gasteiger partial charge on any atom is 0.155 e. The van der Waals surface area contributed by atoms with Gasteiger partial charge in [0.2, 0.25) is 0 Å². The zero-order chi connectivity index (χ0) is 5.98. The molecule has 0 aromatic rings. The molecule has 0 spiro atoms. The first kappa shape index (κ1) is 6.01. The Morgan fingerprint density at radius 2 is 1.88 bits per heavy atom. The van der Waals surface area contributed by atoms with Crippen molar-refractivity contribution in [3.63, 3.8) is 0 Å². The summed E-state index contributed by atoms with van der Waals surface area (Å²) < 4.78 is 9.84. The van der Waals surface area contributed by atoms with Crippen LogP contribution in [0.3, 0.4) is 0 Å². The van der Waals surface area contributed by atoms with Crippen molar-refractivity contribution in [2.45, 2.75) is 19.3 Å². The number of rotatable bonds is 0. The summed E-state index contributed by atoms with van der Waals surface area (Å²) in [5.74, 6) is 0. The fourth-order valence-electron chi connectivity index (χ4n) is 0.589. The number of ether oxygens (including phenoxy) is 2. The molecule has 0 aromatic heterocycles. The van der Waals surface area contributed by atoms with Crippen molar-refractivity contribution < 1.29 is 14.6 Å². The summed E-state index contributed by atoms with van der Waals surface area (Å²) in [5.41, 5.74) is 0. The standard InChI is InChI=1S/C5H10O3/c1-4-7-2-5(6)3-8-4/h4-6H,2-3H2,1H3/t4-,5-. The summed E-state index contributed by atoms with van der Waals surface area (Å²) >= 11 is 0. The second kappa shape index (κ2) is 2.44. The van der Waals surface area contributed by atoms with Gasteiger partial charge in [0.1, 0.15) is 6.10 Å². The van der Waals surface area contributed by atoms with Gasteiger partial charge in [-0.3, -0.25) is 0 Å². The van der Waals surface area contributed by atoms with Gasteiger partial charge in [-0.15, -0.1) is 0 Å². The van der Waals surface area contributed by atoms with Gasteiger partial charge in [-0.25, -0.2) is 0 Å². The minimum absolute atomic E-state index is 0.140. The van der Waals surface area contributed by atoms with Gasteiger partial charge >= 0.3 is 0 Å². The average molecular weight is 118 g/mol. The molecule has 1 N–H and O–H groups in total. The Kier molecular flexibility index (Phi) is 1.83. The minimum atomic E-state index is -0.425. The van der Waals surface area contributed by atoms with Gasteiger partial charge in [-0.1, -0.05) is 0 Å². The van der Waals surface area contributed by atoms with Crippen molar-refractivity contribution in [1.82, 2.24) is 0 Å². The van der Waals surface area contributed by atoms with Crippen molar-refractivity contribution in [3.05, 3.63) is 0 Å². The lowest BCUT2D eigenvalue weighted by atomic mass is 10.4. The summed E-state index contributed by atoms with van der Waals surface area (Å²) in [6.07, 6.45) is -0.565. The first-order chi connectivity index (χ1) is 3.79. The van der Waals surface area contributed by atoms with E-state index >= 15 is 0 Å². The highest BCUT2D eigenvalue weighted by molar-refractivity contribution is 4.55. The highest BCUT2D eigenvalue weighted by Gasteiger charge is 2.15. The molecule has 0 amide bonds. The van der Waals surface area contributed by atoms with Crippen LogP contribution in [0.5, 0.6) is 0 Å². The van der Waals surface area contributed by atoms with Crippen molar-refractivity contribution in [2.24, 2.45) is 0 Å². The van der Waals surface area contributed by atoms with Crippen molar-refractivity contribution in [1.29, 1.82) is 0 Å². The molecule has 0 aliphatic carbocycles. The summed E-state index contributed by atoms with van der Waals surface area (Å²) in [7, 11) is 0. The Labute approximate surface area is 48.2 Å². The van der Waals surface area contributed by atoms with Crippen LogP contribution in [0.1, 0.15) is 6.92 Å². The number of aliphatic hydroxyl groups is 1. The maximum atomic E-state index is 8.78. The Balaban J connectivity index is 2.19. The first-order valence-electron chi connectivity index (χ1n) is 2.70. The minimum Gasteiger partial charge on any atom is -0.388 e. The first-order valence-corrected chi connectivity index (χ1v) is 2.70. The monoisotopic (exact) mass is 118 g/mol. The molecule has 48 valence electrons. The topological polar surface area (TPSA) is 38.7 Å². The Hall–Kier alpha value is -0.120. The summed E-state index contributed by atoms with van der Waals surface area (Å²) in [6, 6.07) is 0. The molecule has 1 saturated heterocycles. The van der Waals surface area contributed by atoms with Crippen molar-refractivity contribution in [3.8, 4) is 0 Å². The fraction of sp³-hybridized carbons (Fsp3) is 1.00. The molecule has 3 nitrogen and oxygen atoms in total. The molecular weight excluding hydrogens is 108 g/mol. The molecule has 1 aliphatic rings. The van der Waals surface area contributed by atoms with Crippen LogP contribution in [0.25, 0.3) is 0 Å². The van der Waals surface area contributed by atoms with Crippen LogP contribution in [0, 0.1) is 0 Å². The van der Waals surface area contributed by atoms with Crippen molar-refractivity contribution in [2.75, 3.05) is 13.2 Å². The third-order valence-corrected chi connectivity index (χ3v) is 1.05. The largest absolute Gasteiger partial charge is 0.388 e. The maximum absolute atomic E-state index is 8.78. The van der Waals surface area contributed by atoms with E-state index in [1.807, 2.05) is 6.92 Å². The van der Waals surface area contributed by atoms with Crippen LogP contribution in [0.4, 0.5) is 0 Å². The van der Waals surface area contributed by atoms with E-state index in [9.17, 15) is 0 Å². The summed E-state index contributed by atoms with van der Waals surface area (Å²) in [5, 5.41) is 8.78. The highest BCUT2D eigenvalue weighted by Crippen LogP contribution is 2.02. The smallest absolute Gasteiger partial charge is 0.155 e. The normalized spacial score (nSPS) is 39.8. The van der Waals surface area contributed by atoms with Gasteiger partial charge in [0.05, 0.1) is 13.2 Å². The van der Waals surface area contributed by atoms with Gasteiger partial charge in [0.15, 0.2) is 6.29 Å². The molecular formula is C5H10O3. The number of aliphatic hydroxyl groups excluding tert-OH is 1. The predicted octanol–water partition coefficient (Wildman–Crippen LogP) is -0.260. The SMILES string of the molecule is C[C@H]1OC[C@H](O)CO1. The molecule has 8 heavy (non-hydrogen) atoms. The molecule has 0 atom stereocenters. The lowest BCUT2D eigenvalue weighted by molar-refractivity contribution is -0.207. The summed E-state index contributed by atoms with van der Waals surface area (Å²) in [6.45, 7) is 2.62. The Morgan fingerprint density at radius 1 is 1.38 bits per heavy atom. The van der Waals surface area contributed by atoms with Gasteiger partial charge < -0.3 is 14.6 Å². The lowest BCUT2D eigenvalue weighted by Crippen LogP contribution is -2.33. The van der Waals surface area contributed by atoms with Crippen LogP contribution in [-0.2, 0) is 9.47 Å². The molecule has 1 rings (SSSR count). The van der Waals surface area contributed by atoms with E-state index in [4.69, 9.17) is 14.6 Å². The molecule has 1 fully saturated rings.